The summed E-state index contributed by atoms with van der Waals surface area (Å²) >= 11 is 0. The SMILES string of the molecule is CC[C@H]1O[C@@H](n2cnc3c(N)ncnc32)[C@@H](OC)C1OP(=O)(O)OC. The van der Waals surface area contributed by atoms with E-state index >= 15 is 0 Å². The number of phosphoric acid groups is 1. The Morgan fingerprint density at radius 1 is 1.36 bits per heavy atom. The second-order valence-electron chi connectivity index (χ2n) is 5.48. The lowest BCUT2D eigenvalue weighted by atomic mass is 10.1. The average molecular weight is 373 g/mol. The Hall–Kier alpha value is -1.62. The smallest absolute Gasteiger partial charge is 0.382 e. The standard InChI is InChI=1S/C13H20N5O6P/c1-4-7-9(24-25(19,20)22-3)10(21-2)13(23-7)18-6-17-8-11(14)15-5-16-12(8)18/h5-7,9-10,13H,4H2,1-3H3,(H,19,20)(H2,14,15,16)/t7-,9?,10+,13-/m1/s1. The van der Waals surface area contributed by atoms with Gasteiger partial charge in [0.2, 0.25) is 0 Å². The summed E-state index contributed by atoms with van der Waals surface area (Å²) in [4.78, 5) is 22.0. The molecule has 2 unspecified atom stereocenters. The number of rotatable bonds is 6. The first kappa shape index (κ1) is 18.2. The highest BCUT2D eigenvalue weighted by Gasteiger charge is 2.49. The van der Waals surface area contributed by atoms with Gasteiger partial charge in [-0.25, -0.2) is 19.5 Å². The third-order valence-corrected chi connectivity index (χ3v) is 5.08. The number of hydrogen-bond acceptors (Lipinski definition) is 9. The van der Waals surface area contributed by atoms with E-state index in [4.69, 9.17) is 19.7 Å². The number of methoxy groups -OCH3 is 1. The van der Waals surface area contributed by atoms with E-state index in [0.29, 0.717) is 17.6 Å². The minimum absolute atomic E-state index is 0.245. The van der Waals surface area contributed by atoms with Gasteiger partial charge in [-0.1, -0.05) is 6.92 Å². The minimum atomic E-state index is -4.21. The maximum absolute atomic E-state index is 11.9. The van der Waals surface area contributed by atoms with Crippen molar-refractivity contribution in [3.05, 3.63) is 12.7 Å². The van der Waals surface area contributed by atoms with Gasteiger partial charge in [0.25, 0.3) is 0 Å². The van der Waals surface area contributed by atoms with Crippen LogP contribution in [0.3, 0.4) is 0 Å². The van der Waals surface area contributed by atoms with E-state index < -0.39 is 32.4 Å². The molecule has 0 aliphatic carbocycles. The second-order valence-corrected chi connectivity index (χ2v) is 6.99. The summed E-state index contributed by atoms with van der Waals surface area (Å²) < 4.78 is 34.8. The van der Waals surface area contributed by atoms with E-state index in [1.807, 2.05) is 6.92 Å². The number of nitrogens with two attached hydrogens (primary N) is 1. The molecule has 0 spiro atoms. The van der Waals surface area contributed by atoms with E-state index in [0.717, 1.165) is 7.11 Å². The number of nitrogens with zero attached hydrogens (tertiary/aromatic N) is 4. The minimum Gasteiger partial charge on any atom is -0.382 e. The fraction of sp³-hybridized carbons (Fsp3) is 0.615. The zero-order valence-corrected chi connectivity index (χ0v) is 14.9. The molecule has 3 N–H and O–H groups in total. The number of fused-ring (bicyclic) bond motifs is 1. The van der Waals surface area contributed by atoms with Gasteiger partial charge in [0.1, 0.15) is 24.1 Å². The molecule has 1 fully saturated rings. The summed E-state index contributed by atoms with van der Waals surface area (Å²) in [5.41, 5.74) is 6.71. The Morgan fingerprint density at radius 3 is 2.76 bits per heavy atom. The molecule has 12 heteroatoms. The zero-order valence-electron chi connectivity index (χ0n) is 14.0. The Labute approximate surface area is 143 Å². The van der Waals surface area contributed by atoms with Gasteiger partial charge >= 0.3 is 7.82 Å². The van der Waals surface area contributed by atoms with Crippen LogP contribution in [0, 0.1) is 0 Å². The van der Waals surface area contributed by atoms with Gasteiger partial charge in [0.05, 0.1) is 12.4 Å². The van der Waals surface area contributed by atoms with Gasteiger partial charge in [0.15, 0.2) is 17.7 Å². The van der Waals surface area contributed by atoms with Crippen LogP contribution in [-0.4, -0.2) is 56.9 Å². The molecular formula is C13H20N5O6P. The largest absolute Gasteiger partial charge is 0.472 e. The molecule has 5 atom stereocenters. The van der Waals surface area contributed by atoms with Crippen molar-refractivity contribution in [2.75, 3.05) is 20.0 Å². The summed E-state index contributed by atoms with van der Waals surface area (Å²) in [5.74, 6) is 0.245. The fourth-order valence-electron chi connectivity index (χ4n) is 2.89. The van der Waals surface area contributed by atoms with E-state index in [2.05, 4.69) is 19.5 Å². The number of nitrogen functional groups attached to an aromatic ring is 1. The topological polar surface area (TPSA) is 144 Å². The molecule has 11 nitrogen and oxygen atoms in total. The lowest BCUT2D eigenvalue weighted by Crippen LogP contribution is -2.35. The molecule has 2 aromatic heterocycles. The highest BCUT2D eigenvalue weighted by Crippen LogP contribution is 2.48. The monoisotopic (exact) mass is 373 g/mol. The van der Waals surface area contributed by atoms with E-state index in [1.54, 1.807) is 4.57 Å². The van der Waals surface area contributed by atoms with Crippen LogP contribution in [-0.2, 0) is 23.1 Å². The quantitative estimate of drug-likeness (QED) is 0.700. The van der Waals surface area contributed by atoms with Gasteiger partial charge in [0, 0.05) is 14.2 Å². The highest BCUT2D eigenvalue weighted by atomic mass is 31.2. The maximum Gasteiger partial charge on any atom is 0.472 e. The molecule has 2 aromatic rings. The van der Waals surface area contributed by atoms with E-state index in [1.165, 1.54) is 19.8 Å². The van der Waals surface area contributed by atoms with Crippen LogP contribution in [0.4, 0.5) is 5.82 Å². The predicted octanol–water partition coefficient (Wildman–Crippen LogP) is 0.863. The zero-order chi connectivity index (χ0) is 18.2. The summed E-state index contributed by atoms with van der Waals surface area (Å²) in [6, 6.07) is 0. The molecule has 1 aliphatic rings. The highest BCUT2D eigenvalue weighted by molar-refractivity contribution is 7.47. The van der Waals surface area contributed by atoms with E-state index in [-0.39, 0.29) is 5.82 Å². The first-order chi connectivity index (χ1) is 11.9. The van der Waals surface area contributed by atoms with Gasteiger partial charge in [-0.3, -0.25) is 13.6 Å². The Morgan fingerprint density at radius 2 is 2.12 bits per heavy atom. The van der Waals surface area contributed by atoms with Gasteiger partial charge in [-0.15, -0.1) is 0 Å². The third-order valence-electron chi connectivity index (χ3n) is 4.11. The van der Waals surface area contributed by atoms with Crippen molar-refractivity contribution in [1.82, 2.24) is 19.5 Å². The second kappa shape index (κ2) is 6.94. The summed E-state index contributed by atoms with van der Waals surface area (Å²) in [6.45, 7) is 1.87. The van der Waals surface area contributed by atoms with Crippen LogP contribution in [0.15, 0.2) is 12.7 Å². The maximum atomic E-state index is 11.9. The number of anilines is 1. The molecule has 25 heavy (non-hydrogen) atoms. The summed E-state index contributed by atoms with van der Waals surface area (Å²) in [6.07, 6.45) is 0.718. The molecular weight excluding hydrogens is 353 g/mol. The van der Waals surface area contributed by atoms with Crippen LogP contribution in [0.5, 0.6) is 0 Å². The van der Waals surface area contributed by atoms with E-state index in [9.17, 15) is 9.46 Å². The average Bonchev–Trinajstić information content (AvgIpc) is 3.16. The van der Waals surface area contributed by atoms with Crippen molar-refractivity contribution < 1.29 is 28.0 Å². The first-order valence-corrected chi connectivity index (χ1v) is 9.09. The predicted molar refractivity (Wildman–Crippen MR) is 86.4 cm³/mol. The lowest BCUT2D eigenvalue weighted by Gasteiger charge is -2.24. The van der Waals surface area contributed by atoms with Crippen molar-refractivity contribution in [3.8, 4) is 0 Å². The molecule has 3 rings (SSSR count). The number of aromatic nitrogens is 4. The molecule has 0 amide bonds. The van der Waals surface area contributed by atoms with Gasteiger partial charge in [-0.05, 0) is 6.42 Å². The molecule has 1 saturated heterocycles. The molecule has 0 radical (unpaired) electrons. The van der Waals surface area contributed by atoms with Crippen molar-refractivity contribution in [2.45, 2.75) is 37.9 Å². The fourth-order valence-corrected chi connectivity index (χ4v) is 3.54. The molecule has 1 aliphatic heterocycles. The lowest BCUT2D eigenvalue weighted by molar-refractivity contribution is -0.0497. The molecule has 3 heterocycles. The van der Waals surface area contributed by atoms with Gasteiger partial charge in [-0.2, -0.15) is 0 Å². The Kier molecular flexibility index (Phi) is 5.05. The van der Waals surface area contributed by atoms with Crippen LogP contribution in [0.25, 0.3) is 11.2 Å². The number of imidazole rings is 1. The molecule has 0 bridgehead atoms. The Balaban J connectivity index is 1.98. The van der Waals surface area contributed by atoms with Crippen molar-refractivity contribution >= 4 is 24.8 Å². The van der Waals surface area contributed by atoms with Crippen molar-refractivity contribution in [1.29, 1.82) is 0 Å². The van der Waals surface area contributed by atoms with Crippen LogP contribution in [0.1, 0.15) is 19.6 Å². The normalized spacial score (nSPS) is 29.1. The first-order valence-electron chi connectivity index (χ1n) is 7.60. The number of phosphoric ester groups is 1. The number of hydrogen-bond donors (Lipinski definition) is 2. The van der Waals surface area contributed by atoms with Crippen molar-refractivity contribution in [3.63, 3.8) is 0 Å². The Bertz CT molecular complexity index is 800. The summed E-state index contributed by atoms with van der Waals surface area (Å²) in [7, 11) is -1.65. The molecule has 0 aromatic carbocycles. The number of ether oxygens (including phenoxy) is 2. The molecule has 0 saturated carbocycles. The van der Waals surface area contributed by atoms with Crippen LogP contribution < -0.4 is 5.73 Å². The van der Waals surface area contributed by atoms with Gasteiger partial charge < -0.3 is 20.1 Å². The van der Waals surface area contributed by atoms with Crippen molar-refractivity contribution in [2.24, 2.45) is 0 Å². The van der Waals surface area contributed by atoms with Crippen LogP contribution in [0.2, 0.25) is 0 Å². The van der Waals surface area contributed by atoms with Crippen LogP contribution >= 0.6 is 7.82 Å². The summed E-state index contributed by atoms with van der Waals surface area (Å²) in [5, 5.41) is 0. The third kappa shape index (κ3) is 3.26. The molecule has 138 valence electrons.